The molecule has 2 rings (SSSR count). The van der Waals surface area contributed by atoms with Gasteiger partial charge in [-0.3, -0.25) is 4.79 Å². The number of hydrogen-bond donors (Lipinski definition) is 2. The number of anilines is 2. The molecule has 4 nitrogen and oxygen atoms in total. The van der Waals surface area contributed by atoms with Gasteiger partial charge >= 0.3 is 0 Å². The zero-order valence-corrected chi connectivity index (χ0v) is 10.1. The zero-order chi connectivity index (χ0) is 12.4. The van der Waals surface area contributed by atoms with Gasteiger partial charge in [0.1, 0.15) is 0 Å². The van der Waals surface area contributed by atoms with Crippen LogP contribution in [0.2, 0.25) is 0 Å². The van der Waals surface area contributed by atoms with Crippen LogP contribution in [0.25, 0.3) is 0 Å². The van der Waals surface area contributed by atoms with Gasteiger partial charge in [-0.1, -0.05) is 6.92 Å². The molecule has 0 bridgehead atoms. The van der Waals surface area contributed by atoms with Crippen molar-refractivity contribution >= 4 is 17.3 Å². The molecule has 0 unspecified atom stereocenters. The number of hydrogen-bond acceptors (Lipinski definition) is 3. The van der Waals surface area contributed by atoms with Gasteiger partial charge in [-0.2, -0.15) is 0 Å². The van der Waals surface area contributed by atoms with E-state index in [2.05, 4.69) is 6.92 Å². The predicted molar refractivity (Wildman–Crippen MR) is 69.6 cm³/mol. The van der Waals surface area contributed by atoms with Crippen LogP contribution in [0, 0.1) is 5.92 Å². The first-order chi connectivity index (χ1) is 8.06. The van der Waals surface area contributed by atoms with Gasteiger partial charge in [0.2, 0.25) is 0 Å². The van der Waals surface area contributed by atoms with Crippen molar-refractivity contribution in [3.63, 3.8) is 0 Å². The Kier molecular flexibility index (Phi) is 3.22. The number of carbonyl (C=O) groups is 1. The van der Waals surface area contributed by atoms with Crippen LogP contribution in [-0.2, 0) is 0 Å². The first kappa shape index (κ1) is 11.8. The van der Waals surface area contributed by atoms with Crippen molar-refractivity contribution in [3.8, 4) is 0 Å². The Morgan fingerprint density at radius 2 is 1.71 bits per heavy atom. The second-order valence-corrected chi connectivity index (χ2v) is 4.86. The molecule has 1 aliphatic rings. The summed E-state index contributed by atoms with van der Waals surface area (Å²) >= 11 is 0. The van der Waals surface area contributed by atoms with E-state index < -0.39 is 0 Å². The van der Waals surface area contributed by atoms with E-state index in [0.717, 1.165) is 25.9 Å². The van der Waals surface area contributed by atoms with Crippen molar-refractivity contribution in [1.82, 2.24) is 4.90 Å². The van der Waals surface area contributed by atoms with E-state index in [4.69, 9.17) is 11.5 Å². The molecule has 4 N–H and O–H groups in total. The summed E-state index contributed by atoms with van der Waals surface area (Å²) in [7, 11) is 0. The summed E-state index contributed by atoms with van der Waals surface area (Å²) in [4.78, 5) is 14.1. The Balaban J connectivity index is 2.14. The predicted octanol–water partition coefficient (Wildman–Crippen LogP) is 1.72. The van der Waals surface area contributed by atoms with Crippen LogP contribution in [-0.4, -0.2) is 23.9 Å². The molecule has 17 heavy (non-hydrogen) atoms. The number of nitrogens with zero attached hydrogens (tertiary/aromatic N) is 1. The van der Waals surface area contributed by atoms with Gasteiger partial charge in [-0.25, -0.2) is 0 Å². The minimum atomic E-state index is 0.0379. The maximum Gasteiger partial charge on any atom is 0.254 e. The molecule has 1 aliphatic heterocycles. The summed E-state index contributed by atoms with van der Waals surface area (Å²) in [6.07, 6.45) is 2.15. The fourth-order valence-electron chi connectivity index (χ4n) is 2.19. The Morgan fingerprint density at radius 3 is 2.24 bits per heavy atom. The molecule has 1 saturated heterocycles. The standard InChI is InChI=1S/C13H19N3O/c1-9-2-4-16(5-3-9)13(17)10-6-11(14)8-12(15)7-10/h6-9H,2-5,14-15H2,1H3. The highest BCUT2D eigenvalue weighted by atomic mass is 16.2. The highest BCUT2D eigenvalue weighted by Crippen LogP contribution is 2.20. The van der Waals surface area contributed by atoms with Crippen molar-refractivity contribution in [3.05, 3.63) is 23.8 Å². The largest absolute Gasteiger partial charge is 0.399 e. The molecule has 1 heterocycles. The van der Waals surface area contributed by atoms with E-state index >= 15 is 0 Å². The number of piperidine rings is 1. The maximum absolute atomic E-state index is 12.2. The third-order valence-electron chi connectivity index (χ3n) is 3.30. The average molecular weight is 233 g/mol. The van der Waals surface area contributed by atoms with Crippen molar-refractivity contribution in [2.45, 2.75) is 19.8 Å². The Labute approximate surface area is 102 Å². The van der Waals surface area contributed by atoms with Gasteiger partial charge in [0, 0.05) is 30.0 Å². The van der Waals surface area contributed by atoms with Crippen LogP contribution in [0.4, 0.5) is 11.4 Å². The Bertz CT molecular complexity index is 402. The van der Waals surface area contributed by atoms with Gasteiger partial charge in [0.05, 0.1) is 0 Å². The summed E-state index contributed by atoms with van der Waals surface area (Å²) < 4.78 is 0. The van der Waals surface area contributed by atoms with Gasteiger partial charge < -0.3 is 16.4 Å². The number of nitrogen functional groups attached to an aromatic ring is 2. The van der Waals surface area contributed by atoms with Crippen molar-refractivity contribution < 1.29 is 4.79 Å². The zero-order valence-electron chi connectivity index (χ0n) is 10.1. The number of benzene rings is 1. The average Bonchev–Trinajstić information content (AvgIpc) is 2.28. The van der Waals surface area contributed by atoms with Crippen molar-refractivity contribution in [1.29, 1.82) is 0 Å². The molecule has 0 saturated carbocycles. The molecule has 4 heteroatoms. The van der Waals surface area contributed by atoms with Crippen LogP contribution < -0.4 is 11.5 Å². The molecule has 0 aliphatic carbocycles. The van der Waals surface area contributed by atoms with E-state index in [-0.39, 0.29) is 5.91 Å². The first-order valence-electron chi connectivity index (χ1n) is 6.01. The second kappa shape index (κ2) is 4.65. The summed E-state index contributed by atoms with van der Waals surface area (Å²) in [5, 5.41) is 0. The third kappa shape index (κ3) is 2.70. The third-order valence-corrected chi connectivity index (χ3v) is 3.30. The fraction of sp³-hybridized carbons (Fsp3) is 0.462. The van der Waals surface area contributed by atoms with Crippen LogP contribution in [0.15, 0.2) is 18.2 Å². The molecule has 0 aromatic heterocycles. The highest BCUT2D eigenvalue weighted by Gasteiger charge is 2.21. The topological polar surface area (TPSA) is 72.3 Å². The molecular formula is C13H19N3O. The first-order valence-corrected chi connectivity index (χ1v) is 6.01. The highest BCUT2D eigenvalue weighted by molar-refractivity contribution is 5.96. The smallest absolute Gasteiger partial charge is 0.254 e. The Hall–Kier alpha value is -1.71. The number of rotatable bonds is 1. The molecule has 1 aromatic carbocycles. The minimum absolute atomic E-state index is 0.0379. The summed E-state index contributed by atoms with van der Waals surface area (Å²) in [6.45, 7) is 3.88. The molecule has 1 amide bonds. The van der Waals surface area contributed by atoms with E-state index in [1.54, 1.807) is 18.2 Å². The summed E-state index contributed by atoms with van der Waals surface area (Å²) in [6, 6.07) is 5.04. The van der Waals surface area contributed by atoms with E-state index in [0.29, 0.717) is 22.9 Å². The van der Waals surface area contributed by atoms with E-state index in [1.165, 1.54) is 0 Å². The molecule has 0 atom stereocenters. The monoisotopic (exact) mass is 233 g/mol. The number of amides is 1. The van der Waals surface area contributed by atoms with Crippen LogP contribution >= 0.6 is 0 Å². The van der Waals surface area contributed by atoms with Gasteiger partial charge in [0.25, 0.3) is 5.91 Å². The molecule has 0 spiro atoms. The summed E-state index contributed by atoms with van der Waals surface area (Å²) in [5.41, 5.74) is 13.1. The fourth-order valence-corrected chi connectivity index (χ4v) is 2.19. The lowest BCUT2D eigenvalue weighted by Gasteiger charge is -2.30. The lowest BCUT2D eigenvalue weighted by Crippen LogP contribution is -2.37. The minimum Gasteiger partial charge on any atom is -0.399 e. The van der Waals surface area contributed by atoms with Crippen molar-refractivity contribution in [2.24, 2.45) is 5.92 Å². The van der Waals surface area contributed by atoms with Gasteiger partial charge in [-0.05, 0) is 37.0 Å². The molecule has 92 valence electrons. The van der Waals surface area contributed by atoms with Gasteiger partial charge in [0.15, 0.2) is 0 Å². The molecule has 0 radical (unpaired) electrons. The second-order valence-electron chi connectivity index (χ2n) is 4.86. The summed E-state index contributed by atoms with van der Waals surface area (Å²) in [5.74, 6) is 0.751. The number of nitrogens with two attached hydrogens (primary N) is 2. The quantitative estimate of drug-likeness (QED) is 0.725. The molecule has 1 aromatic rings. The molecule has 1 fully saturated rings. The number of carbonyl (C=O) groups excluding carboxylic acids is 1. The SMILES string of the molecule is CC1CCN(C(=O)c2cc(N)cc(N)c2)CC1. The van der Waals surface area contributed by atoms with Crippen LogP contribution in [0.1, 0.15) is 30.1 Å². The lowest BCUT2D eigenvalue weighted by atomic mass is 9.98. The van der Waals surface area contributed by atoms with Gasteiger partial charge in [-0.15, -0.1) is 0 Å². The van der Waals surface area contributed by atoms with Crippen LogP contribution in [0.5, 0.6) is 0 Å². The molecular weight excluding hydrogens is 214 g/mol. The van der Waals surface area contributed by atoms with E-state index in [9.17, 15) is 4.79 Å². The number of likely N-dealkylation sites (tertiary alicyclic amines) is 1. The maximum atomic E-state index is 12.2. The Morgan fingerprint density at radius 1 is 1.18 bits per heavy atom. The normalized spacial score (nSPS) is 17.1. The van der Waals surface area contributed by atoms with Crippen molar-refractivity contribution in [2.75, 3.05) is 24.6 Å². The lowest BCUT2D eigenvalue weighted by molar-refractivity contribution is 0.0697. The van der Waals surface area contributed by atoms with Crippen LogP contribution in [0.3, 0.4) is 0 Å². The van der Waals surface area contributed by atoms with E-state index in [1.807, 2.05) is 4.90 Å².